The minimum Gasteiger partial charge on any atom is -0.491 e. The van der Waals surface area contributed by atoms with Gasteiger partial charge in [0.15, 0.2) is 0 Å². The van der Waals surface area contributed by atoms with Crippen LogP contribution in [0.2, 0.25) is 0 Å². The second-order valence-corrected chi connectivity index (χ2v) is 10.6. The summed E-state index contributed by atoms with van der Waals surface area (Å²) in [6.45, 7) is 2.09. The summed E-state index contributed by atoms with van der Waals surface area (Å²) in [7, 11) is 0. The average Bonchev–Trinajstić information content (AvgIpc) is 3.40. The second-order valence-electron chi connectivity index (χ2n) is 10.6. The maximum Gasteiger partial charge on any atom is 0.343 e. The molecule has 0 aliphatic carbocycles. The number of rotatable bonds is 5. The van der Waals surface area contributed by atoms with Crippen molar-refractivity contribution in [1.82, 2.24) is 0 Å². The number of para-hydroxylation sites is 1. The molecule has 1 aromatic heterocycles. The average molecular weight is 535 g/mol. The van der Waals surface area contributed by atoms with E-state index in [1.54, 1.807) is 24.3 Å². The fraction of sp³-hybridized carbons (Fsp3) is 0.194. The molecule has 0 saturated carbocycles. The number of aliphatic hydroxyl groups excluding tert-OH is 1. The highest BCUT2D eigenvalue weighted by molar-refractivity contribution is 5.95. The van der Waals surface area contributed by atoms with Crippen LogP contribution in [0, 0.1) is 10.1 Å². The minimum absolute atomic E-state index is 0.00718. The predicted molar refractivity (Wildman–Crippen MR) is 147 cm³/mol. The van der Waals surface area contributed by atoms with Gasteiger partial charge in [-0.25, -0.2) is 4.79 Å². The van der Waals surface area contributed by atoms with Crippen LogP contribution < -0.4 is 20.0 Å². The molecule has 4 aromatic carbocycles. The number of hydrogen-bond acceptors (Lipinski definition) is 8. The van der Waals surface area contributed by atoms with Crippen LogP contribution in [0.25, 0.3) is 21.7 Å². The van der Waals surface area contributed by atoms with Gasteiger partial charge in [0, 0.05) is 23.4 Å². The second kappa shape index (κ2) is 7.61. The van der Waals surface area contributed by atoms with Gasteiger partial charge in [0.05, 0.1) is 28.4 Å². The Morgan fingerprint density at radius 3 is 2.73 bits per heavy atom. The van der Waals surface area contributed by atoms with Gasteiger partial charge in [-0.2, -0.15) is 0 Å². The lowest BCUT2D eigenvalue weighted by atomic mass is 9.74. The Labute approximate surface area is 226 Å². The van der Waals surface area contributed by atoms with Gasteiger partial charge in [-0.1, -0.05) is 30.3 Å². The van der Waals surface area contributed by atoms with Gasteiger partial charge in [0.2, 0.25) is 5.72 Å². The van der Waals surface area contributed by atoms with E-state index in [-0.39, 0.29) is 18.9 Å². The number of ether oxygens (including phenoxy) is 2. The molecule has 0 unspecified atom stereocenters. The normalized spacial score (nSPS) is 23.4. The van der Waals surface area contributed by atoms with Crippen LogP contribution in [0.5, 0.6) is 11.5 Å². The topological polar surface area (TPSA) is 115 Å². The number of nitrogens with zero attached hydrogens (tertiary/aromatic N) is 2. The first-order chi connectivity index (χ1) is 19.4. The predicted octanol–water partition coefficient (Wildman–Crippen LogP) is 5.20. The smallest absolute Gasteiger partial charge is 0.343 e. The fourth-order valence-electron chi connectivity index (χ4n) is 7.08. The zero-order valence-corrected chi connectivity index (χ0v) is 21.3. The van der Waals surface area contributed by atoms with Crippen LogP contribution >= 0.6 is 0 Å². The Kier molecular flexibility index (Phi) is 4.38. The summed E-state index contributed by atoms with van der Waals surface area (Å²) < 4.78 is 18.5. The van der Waals surface area contributed by atoms with Crippen molar-refractivity contribution in [2.24, 2.45) is 0 Å². The van der Waals surface area contributed by atoms with Crippen LogP contribution in [0.15, 0.2) is 88.1 Å². The lowest BCUT2D eigenvalue weighted by Gasteiger charge is -2.35. The van der Waals surface area contributed by atoms with Crippen molar-refractivity contribution in [2.45, 2.75) is 24.1 Å². The first kappa shape index (κ1) is 23.0. The molecule has 0 spiro atoms. The quantitative estimate of drug-likeness (QED) is 0.142. The number of hydrogen-bond donors (Lipinski definition) is 1. The molecular formula is C31H22N2O7. The maximum absolute atomic E-state index is 13.6. The Bertz CT molecular complexity index is 1980. The van der Waals surface area contributed by atoms with E-state index in [0.29, 0.717) is 33.4 Å². The molecule has 9 heteroatoms. The van der Waals surface area contributed by atoms with Crippen LogP contribution in [0.3, 0.4) is 0 Å². The van der Waals surface area contributed by atoms with E-state index in [1.807, 2.05) is 48.5 Å². The summed E-state index contributed by atoms with van der Waals surface area (Å²) in [6.07, 6.45) is 0. The third kappa shape index (κ3) is 2.62. The van der Waals surface area contributed by atoms with Crippen LogP contribution in [-0.2, 0) is 5.72 Å². The summed E-state index contributed by atoms with van der Waals surface area (Å²) in [4.78, 5) is 27.1. The minimum atomic E-state index is -1.03. The van der Waals surface area contributed by atoms with E-state index >= 15 is 0 Å². The third-order valence-electron chi connectivity index (χ3n) is 8.67. The van der Waals surface area contributed by atoms with E-state index in [2.05, 4.69) is 11.8 Å². The SMILES string of the molecule is C[C@]12[C@@H]3c4cc(OCCO)ccc4N1[C@@]2(c1cccc2ccc([N+](=O)[O-])cc12)Oc1c3c(=O)oc2ccccc12. The number of nitro benzene ring substituents is 1. The van der Waals surface area contributed by atoms with E-state index in [0.717, 1.165) is 22.2 Å². The monoisotopic (exact) mass is 534 g/mol. The Balaban J connectivity index is 1.45. The molecule has 0 radical (unpaired) electrons. The largest absolute Gasteiger partial charge is 0.491 e. The number of non-ortho nitro benzene ring substituents is 1. The molecule has 0 bridgehead atoms. The van der Waals surface area contributed by atoms with Gasteiger partial charge in [-0.05, 0) is 59.7 Å². The summed E-state index contributed by atoms with van der Waals surface area (Å²) >= 11 is 0. The molecule has 1 fully saturated rings. The van der Waals surface area contributed by atoms with Crippen molar-refractivity contribution < 1.29 is 23.9 Å². The molecule has 4 heterocycles. The van der Waals surface area contributed by atoms with Gasteiger partial charge in [-0.15, -0.1) is 0 Å². The summed E-state index contributed by atoms with van der Waals surface area (Å²) in [5, 5.41) is 23.2. The zero-order valence-electron chi connectivity index (χ0n) is 21.3. The number of benzene rings is 4. The Morgan fingerprint density at radius 1 is 1.05 bits per heavy atom. The highest BCUT2D eigenvalue weighted by Crippen LogP contribution is 2.77. The van der Waals surface area contributed by atoms with E-state index in [4.69, 9.17) is 13.9 Å². The van der Waals surface area contributed by atoms with Crippen molar-refractivity contribution in [3.05, 3.63) is 116 Å². The van der Waals surface area contributed by atoms with Crippen molar-refractivity contribution in [1.29, 1.82) is 0 Å². The van der Waals surface area contributed by atoms with E-state index < -0.39 is 27.7 Å². The number of aliphatic hydroxyl groups is 1. The summed E-state index contributed by atoms with van der Waals surface area (Å²) in [5.41, 5.74) is 1.18. The van der Waals surface area contributed by atoms with Crippen molar-refractivity contribution in [3.8, 4) is 11.5 Å². The molecule has 1 saturated heterocycles. The Morgan fingerprint density at radius 2 is 1.90 bits per heavy atom. The number of anilines is 1. The molecule has 9 nitrogen and oxygen atoms in total. The standard InChI is InChI=1S/C31H22N2O7/c1-30-27-22-16-19(38-14-13-34)11-12-24(22)32(30)31(30,23-7-4-5-17-9-10-18(33(36)37)15-21(17)23)40-28-20-6-2-3-8-25(20)39-29(35)26(27)28/h2-12,15-16,27,34H,13-14H2,1H3/t27-,30-,31+,32?/m1/s1. The molecule has 3 aliphatic heterocycles. The van der Waals surface area contributed by atoms with Gasteiger partial charge >= 0.3 is 5.63 Å². The maximum atomic E-state index is 13.6. The van der Waals surface area contributed by atoms with Gasteiger partial charge < -0.3 is 23.9 Å². The number of nitro groups is 1. The van der Waals surface area contributed by atoms with E-state index in [1.165, 1.54) is 6.07 Å². The van der Waals surface area contributed by atoms with Crippen LogP contribution in [0.4, 0.5) is 11.4 Å². The van der Waals surface area contributed by atoms with Crippen LogP contribution in [0.1, 0.15) is 29.5 Å². The van der Waals surface area contributed by atoms with Crippen molar-refractivity contribution in [2.75, 3.05) is 18.1 Å². The van der Waals surface area contributed by atoms with Gasteiger partial charge in [0.25, 0.3) is 5.69 Å². The third-order valence-corrected chi connectivity index (χ3v) is 8.67. The van der Waals surface area contributed by atoms with Crippen molar-refractivity contribution >= 4 is 33.1 Å². The first-order valence-electron chi connectivity index (χ1n) is 13.0. The first-order valence-corrected chi connectivity index (χ1v) is 13.0. The molecule has 3 atom stereocenters. The highest BCUT2D eigenvalue weighted by Gasteiger charge is 2.85. The molecule has 40 heavy (non-hydrogen) atoms. The molecule has 1 N–H and O–H groups in total. The molecule has 0 amide bonds. The lowest BCUT2D eigenvalue weighted by molar-refractivity contribution is -0.384. The number of fused-ring (bicyclic) bond motifs is 9. The zero-order chi connectivity index (χ0) is 27.4. The van der Waals surface area contributed by atoms with Gasteiger partial charge in [-0.3, -0.25) is 10.1 Å². The molecule has 8 rings (SSSR count). The summed E-state index contributed by atoms with van der Waals surface area (Å²) in [5.74, 6) is 0.605. The Hall–Kier alpha value is -4.89. The molecule has 198 valence electrons. The fourth-order valence-corrected chi connectivity index (χ4v) is 7.08. The van der Waals surface area contributed by atoms with E-state index in [9.17, 15) is 20.0 Å². The highest BCUT2D eigenvalue weighted by atomic mass is 16.6. The molecule has 3 aliphatic rings. The molecule has 5 aromatic rings. The van der Waals surface area contributed by atoms with Crippen LogP contribution in [-0.4, -0.2) is 28.8 Å². The lowest BCUT2D eigenvalue weighted by Crippen LogP contribution is -2.40. The van der Waals surface area contributed by atoms with Gasteiger partial charge in [0.1, 0.15) is 29.2 Å². The summed E-state index contributed by atoms with van der Waals surface area (Å²) in [6, 6.07) is 23.6. The van der Waals surface area contributed by atoms with Crippen molar-refractivity contribution in [3.63, 3.8) is 0 Å². The molecular weight excluding hydrogens is 512 g/mol.